The zero-order valence-corrected chi connectivity index (χ0v) is 13.8. The number of imide groups is 1. The lowest BCUT2D eigenvalue weighted by molar-refractivity contribution is -0.137. The van der Waals surface area contributed by atoms with E-state index in [2.05, 4.69) is 10.6 Å². The second-order valence-electron chi connectivity index (χ2n) is 5.03. The molecule has 132 valence electrons. The van der Waals surface area contributed by atoms with Crippen molar-refractivity contribution in [3.63, 3.8) is 0 Å². The highest BCUT2D eigenvalue weighted by Gasteiger charge is 2.30. The van der Waals surface area contributed by atoms with Crippen LogP contribution in [0.1, 0.15) is 11.1 Å². The molecule has 0 heterocycles. The van der Waals surface area contributed by atoms with E-state index in [1.165, 1.54) is 12.1 Å². The molecule has 0 radical (unpaired) electrons. The summed E-state index contributed by atoms with van der Waals surface area (Å²) < 4.78 is 37.9. The zero-order valence-electron chi connectivity index (χ0n) is 13.0. The van der Waals surface area contributed by atoms with Crippen LogP contribution in [0.25, 0.3) is 0 Å². The van der Waals surface area contributed by atoms with E-state index in [4.69, 9.17) is 0 Å². The summed E-state index contributed by atoms with van der Waals surface area (Å²) in [6.07, 6.45) is -4.43. The van der Waals surface area contributed by atoms with Crippen molar-refractivity contribution in [1.82, 2.24) is 10.6 Å². The summed E-state index contributed by atoms with van der Waals surface area (Å²) in [5.41, 5.74) is 0.0990. The van der Waals surface area contributed by atoms with Crippen LogP contribution in [0.2, 0.25) is 0 Å². The third-order valence-corrected chi connectivity index (χ3v) is 4.07. The third kappa shape index (κ3) is 6.50. The van der Waals surface area contributed by atoms with Crippen LogP contribution < -0.4 is 10.6 Å². The van der Waals surface area contributed by atoms with Gasteiger partial charge in [-0.3, -0.25) is 10.1 Å². The van der Waals surface area contributed by atoms with Gasteiger partial charge in [0.15, 0.2) is 0 Å². The first kappa shape index (κ1) is 18.9. The Kier molecular flexibility index (Phi) is 6.46. The van der Waals surface area contributed by atoms with Crippen LogP contribution in [-0.2, 0) is 17.5 Å². The summed E-state index contributed by atoms with van der Waals surface area (Å²) in [5, 5.41) is 4.66. The molecule has 0 bridgehead atoms. The molecule has 0 aromatic heterocycles. The Balaban J connectivity index is 1.78. The fourth-order valence-electron chi connectivity index (χ4n) is 1.90. The zero-order chi connectivity index (χ0) is 18.3. The van der Waals surface area contributed by atoms with Gasteiger partial charge in [-0.05, 0) is 23.8 Å². The molecule has 0 aliphatic rings. The van der Waals surface area contributed by atoms with Gasteiger partial charge in [-0.15, -0.1) is 11.8 Å². The highest BCUT2D eigenvalue weighted by molar-refractivity contribution is 8.00. The maximum absolute atomic E-state index is 12.6. The Morgan fingerprint density at radius 2 is 1.72 bits per heavy atom. The maximum atomic E-state index is 12.6. The molecule has 0 saturated heterocycles. The molecule has 0 saturated carbocycles. The van der Waals surface area contributed by atoms with Crippen LogP contribution in [0.5, 0.6) is 0 Å². The van der Waals surface area contributed by atoms with Gasteiger partial charge < -0.3 is 5.32 Å². The minimum absolute atomic E-state index is 0.167. The normalized spacial score (nSPS) is 11.0. The molecule has 0 fully saturated rings. The summed E-state index contributed by atoms with van der Waals surface area (Å²) in [5.74, 6) is -0.756. The number of urea groups is 1. The van der Waals surface area contributed by atoms with Crippen LogP contribution in [0.15, 0.2) is 59.5 Å². The van der Waals surface area contributed by atoms with Crippen molar-refractivity contribution in [3.8, 4) is 0 Å². The third-order valence-electron chi connectivity index (χ3n) is 3.08. The number of amides is 3. The smallest absolute Gasteiger partial charge is 0.334 e. The number of alkyl halides is 3. The highest BCUT2D eigenvalue weighted by atomic mass is 32.2. The number of benzene rings is 2. The predicted octanol–water partition coefficient (Wildman–Crippen LogP) is 3.82. The van der Waals surface area contributed by atoms with E-state index in [1.807, 2.05) is 30.3 Å². The van der Waals surface area contributed by atoms with Gasteiger partial charge in [-0.2, -0.15) is 13.2 Å². The lowest BCUT2D eigenvalue weighted by Crippen LogP contribution is -2.39. The van der Waals surface area contributed by atoms with E-state index < -0.39 is 23.7 Å². The molecular weight excluding hydrogens is 353 g/mol. The van der Waals surface area contributed by atoms with Crippen molar-refractivity contribution in [2.24, 2.45) is 0 Å². The second-order valence-corrected chi connectivity index (χ2v) is 6.08. The van der Waals surface area contributed by atoms with Crippen molar-refractivity contribution in [2.75, 3.05) is 5.75 Å². The summed E-state index contributed by atoms with van der Waals surface area (Å²) in [4.78, 5) is 23.6. The van der Waals surface area contributed by atoms with Crippen molar-refractivity contribution in [3.05, 3.63) is 65.7 Å². The van der Waals surface area contributed by atoms with Crippen LogP contribution in [0.3, 0.4) is 0 Å². The van der Waals surface area contributed by atoms with Crippen molar-refractivity contribution < 1.29 is 22.8 Å². The fourth-order valence-corrected chi connectivity index (χ4v) is 2.65. The van der Waals surface area contributed by atoms with E-state index in [0.29, 0.717) is 4.90 Å². The quantitative estimate of drug-likeness (QED) is 0.789. The van der Waals surface area contributed by atoms with E-state index in [1.54, 1.807) is 0 Å². The van der Waals surface area contributed by atoms with Crippen LogP contribution in [0, 0.1) is 0 Å². The van der Waals surface area contributed by atoms with Crippen LogP contribution in [0.4, 0.5) is 18.0 Å². The van der Waals surface area contributed by atoms with Gasteiger partial charge in [-0.1, -0.05) is 36.4 Å². The largest absolute Gasteiger partial charge is 0.416 e. The topological polar surface area (TPSA) is 58.2 Å². The molecule has 25 heavy (non-hydrogen) atoms. The van der Waals surface area contributed by atoms with Crippen molar-refractivity contribution >= 4 is 23.7 Å². The molecule has 0 atom stereocenters. The lowest BCUT2D eigenvalue weighted by Gasteiger charge is -2.09. The molecule has 3 amide bonds. The molecular formula is C17H15F3N2O2S. The Morgan fingerprint density at radius 1 is 1.00 bits per heavy atom. The van der Waals surface area contributed by atoms with Gasteiger partial charge in [0.05, 0.1) is 11.3 Å². The number of carbonyl (C=O) groups is 2. The van der Waals surface area contributed by atoms with E-state index in [-0.39, 0.29) is 12.3 Å². The summed E-state index contributed by atoms with van der Waals surface area (Å²) >= 11 is 0.923. The first-order chi connectivity index (χ1) is 11.8. The number of rotatable bonds is 5. The first-order valence-electron chi connectivity index (χ1n) is 7.26. The Morgan fingerprint density at radius 3 is 2.40 bits per heavy atom. The van der Waals surface area contributed by atoms with E-state index >= 15 is 0 Å². The molecule has 0 unspecified atom stereocenters. The average Bonchev–Trinajstić information content (AvgIpc) is 2.59. The van der Waals surface area contributed by atoms with Crippen LogP contribution >= 0.6 is 11.8 Å². The van der Waals surface area contributed by atoms with Gasteiger partial charge in [0.25, 0.3) is 0 Å². The first-order valence-corrected chi connectivity index (χ1v) is 8.25. The monoisotopic (exact) mass is 368 g/mol. The summed E-state index contributed by atoms with van der Waals surface area (Å²) in [6.45, 7) is 0.265. The predicted molar refractivity (Wildman–Crippen MR) is 89.0 cm³/mol. The number of hydrogen-bond acceptors (Lipinski definition) is 3. The fraction of sp³-hybridized carbons (Fsp3) is 0.176. The number of halogens is 3. The second kappa shape index (κ2) is 8.57. The van der Waals surface area contributed by atoms with E-state index in [0.717, 1.165) is 29.5 Å². The Hall–Kier alpha value is -2.48. The van der Waals surface area contributed by atoms with E-state index in [9.17, 15) is 22.8 Å². The molecule has 8 heteroatoms. The van der Waals surface area contributed by atoms with Gasteiger partial charge in [0, 0.05) is 11.4 Å². The molecule has 0 aliphatic heterocycles. The number of nitrogens with one attached hydrogen (secondary N) is 2. The molecule has 0 spiro atoms. The molecule has 0 aliphatic carbocycles. The van der Waals surface area contributed by atoms with Gasteiger partial charge in [0.2, 0.25) is 5.91 Å². The van der Waals surface area contributed by atoms with Crippen molar-refractivity contribution in [2.45, 2.75) is 17.6 Å². The standard InChI is InChI=1S/C17H15F3N2O2S/c18-17(19,20)13-7-4-8-14(9-13)25-11-15(23)22-16(24)21-10-12-5-2-1-3-6-12/h1-9H,10-11H2,(H2,21,22,23,24). The Bertz CT molecular complexity index is 736. The summed E-state index contributed by atoms with van der Waals surface area (Å²) in [6, 6.07) is 13.2. The summed E-state index contributed by atoms with van der Waals surface area (Å²) in [7, 11) is 0. The number of carbonyl (C=O) groups excluding carboxylic acids is 2. The van der Waals surface area contributed by atoms with Crippen LogP contribution in [-0.4, -0.2) is 17.7 Å². The SMILES string of the molecule is O=C(CSc1cccc(C(F)(F)F)c1)NC(=O)NCc1ccccc1. The molecule has 4 nitrogen and oxygen atoms in total. The molecule has 2 rings (SSSR count). The average molecular weight is 368 g/mol. The lowest BCUT2D eigenvalue weighted by atomic mass is 10.2. The molecule has 2 N–H and O–H groups in total. The maximum Gasteiger partial charge on any atom is 0.416 e. The van der Waals surface area contributed by atoms with Crippen molar-refractivity contribution in [1.29, 1.82) is 0 Å². The van der Waals surface area contributed by atoms with Gasteiger partial charge in [-0.25, -0.2) is 4.79 Å². The minimum atomic E-state index is -4.43. The molecule has 2 aromatic rings. The Labute approximate surface area is 146 Å². The highest BCUT2D eigenvalue weighted by Crippen LogP contribution is 2.31. The minimum Gasteiger partial charge on any atom is -0.334 e. The number of hydrogen-bond donors (Lipinski definition) is 2. The van der Waals surface area contributed by atoms with Gasteiger partial charge >= 0.3 is 12.2 Å². The molecule has 2 aromatic carbocycles. The number of thioether (sulfide) groups is 1. The van der Waals surface area contributed by atoms with Gasteiger partial charge in [0.1, 0.15) is 0 Å².